The highest BCUT2D eigenvalue weighted by atomic mass is 16.5. The summed E-state index contributed by atoms with van der Waals surface area (Å²) in [5.74, 6) is 1.01. The van der Waals surface area contributed by atoms with E-state index in [4.69, 9.17) is 15.2 Å². The molecule has 0 heterocycles. The van der Waals surface area contributed by atoms with Gasteiger partial charge in [0, 0.05) is 17.7 Å². The van der Waals surface area contributed by atoms with Crippen molar-refractivity contribution in [1.82, 2.24) is 0 Å². The molecule has 0 aromatic heterocycles. The predicted molar refractivity (Wildman–Crippen MR) is 151 cm³/mol. The van der Waals surface area contributed by atoms with Crippen molar-refractivity contribution in [3.8, 4) is 11.5 Å². The first-order valence-corrected chi connectivity index (χ1v) is 13.7. The number of carbonyl (C=O) groups excluding carboxylic acids is 1. The average Bonchev–Trinajstić information content (AvgIpc) is 2.91. The summed E-state index contributed by atoms with van der Waals surface area (Å²) < 4.78 is 11.3. The summed E-state index contributed by atoms with van der Waals surface area (Å²) in [4.78, 5) is 12.5. The summed E-state index contributed by atoms with van der Waals surface area (Å²) in [6.45, 7) is 2.95. The van der Waals surface area contributed by atoms with Crippen molar-refractivity contribution in [2.45, 2.75) is 77.6 Å². The number of hydrogen-bond acceptors (Lipinski definition) is 5. The summed E-state index contributed by atoms with van der Waals surface area (Å²) >= 11 is 0. The van der Waals surface area contributed by atoms with Crippen LogP contribution in [0.15, 0.2) is 77.7 Å². The molecular weight excluding hydrogens is 462 g/mol. The van der Waals surface area contributed by atoms with Crippen LogP contribution in [0.2, 0.25) is 0 Å². The van der Waals surface area contributed by atoms with Crippen LogP contribution in [-0.2, 0) is 0 Å². The first-order valence-electron chi connectivity index (χ1n) is 13.7. The molecule has 5 nitrogen and oxygen atoms in total. The highest BCUT2D eigenvalue weighted by Crippen LogP contribution is 2.24. The minimum atomic E-state index is -0.418. The third-order valence-corrected chi connectivity index (χ3v) is 6.47. The van der Waals surface area contributed by atoms with Crippen LogP contribution < -0.4 is 15.2 Å². The average molecular weight is 504 g/mol. The molecule has 3 N–H and O–H groups in total. The molecule has 2 aromatic rings. The zero-order valence-corrected chi connectivity index (χ0v) is 22.1. The van der Waals surface area contributed by atoms with E-state index >= 15 is 0 Å². The largest absolute Gasteiger partial charge is 0.508 e. The Balaban J connectivity index is 1.35. The van der Waals surface area contributed by atoms with Gasteiger partial charge in [-0.25, -0.2) is 4.79 Å². The van der Waals surface area contributed by atoms with E-state index in [1.54, 1.807) is 36.4 Å². The molecule has 2 aromatic carbocycles. The molecule has 37 heavy (non-hydrogen) atoms. The SMILES string of the molecule is CCCCCCCCCCCCOc1ccc(C(=O)Oc2ccc(C=C3CC(N)=CC=C3O)cc2)cc1. The van der Waals surface area contributed by atoms with Gasteiger partial charge in [-0.05, 0) is 66.6 Å². The van der Waals surface area contributed by atoms with E-state index in [9.17, 15) is 9.90 Å². The maximum absolute atomic E-state index is 12.5. The molecule has 0 unspecified atom stereocenters. The van der Waals surface area contributed by atoms with Gasteiger partial charge in [0.1, 0.15) is 17.3 Å². The van der Waals surface area contributed by atoms with Crippen molar-refractivity contribution < 1.29 is 19.4 Å². The Hall–Kier alpha value is -3.47. The fourth-order valence-corrected chi connectivity index (χ4v) is 4.25. The maximum Gasteiger partial charge on any atom is 0.343 e. The summed E-state index contributed by atoms with van der Waals surface area (Å²) in [6, 6.07) is 14.2. The van der Waals surface area contributed by atoms with Crippen LogP contribution in [0.25, 0.3) is 6.08 Å². The lowest BCUT2D eigenvalue weighted by Crippen LogP contribution is -2.08. The number of rotatable bonds is 15. The van der Waals surface area contributed by atoms with Crippen LogP contribution in [0.4, 0.5) is 0 Å². The summed E-state index contributed by atoms with van der Waals surface area (Å²) in [5.41, 5.74) is 8.65. The molecule has 0 aliphatic heterocycles. The molecule has 0 fully saturated rings. The van der Waals surface area contributed by atoms with Crippen LogP contribution in [-0.4, -0.2) is 17.7 Å². The molecule has 0 bridgehead atoms. The molecule has 1 aliphatic rings. The van der Waals surface area contributed by atoms with Gasteiger partial charge in [-0.2, -0.15) is 0 Å². The minimum absolute atomic E-state index is 0.209. The van der Waals surface area contributed by atoms with Crippen LogP contribution in [0.5, 0.6) is 11.5 Å². The minimum Gasteiger partial charge on any atom is -0.508 e. The number of esters is 1. The Kier molecular flexibility index (Phi) is 11.9. The molecule has 1 aliphatic carbocycles. The Labute approximate surface area is 221 Å². The van der Waals surface area contributed by atoms with Gasteiger partial charge in [0.15, 0.2) is 0 Å². The van der Waals surface area contributed by atoms with Crippen LogP contribution in [0.3, 0.4) is 0 Å². The second-order valence-corrected chi connectivity index (χ2v) is 9.65. The molecule has 0 saturated carbocycles. The predicted octanol–water partition coefficient (Wildman–Crippen LogP) is 8.28. The highest BCUT2D eigenvalue weighted by Gasteiger charge is 2.11. The highest BCUT2D eigenvalue weighted by molar-refractivity contribution is 5.91. The normalized spacial score (nSPS) is 14.2. The number of aliphatic hydroxyl groups excluding tert-OH is 1. The number of aliphatic hydroxyl groups is 1. The van der Waals surface area contributed by atoms with Crippen molar-refractivity contribution >= 4 is 12.0 Å². The van der Waals surface area contributed by atoms with Gasteiger partial charge >= 0.3 is 5.97 Å². The molecule has 5 heteroatoms. The van der Waals surface area contributed by atoms with Crippen LogP contribution >= 0.6 is 0 Å². The number of nitrogens with two attached hydrogens (primary N) is 1. The van der Waals surface area contributed by atoms with E-state index < -0.39 is 5.97 Å². The topological polar surface area (TPSA) is 81.8 Å². The standard InChI is InChI=1S/C32H41NO4/c1-2-3-4-5-6-7-8-9-10-11-22-36-29-19-14-26(15-20-29)32(35)37-30-17-12-25(13-18-30)23-27-24-28(33)16-21-31(27)34/h12-21,23,34H,2-11,22,24,33H2,1H3. The smallest absolute Gasteiger partial charge is 0.343 e. The summed E-state index contributed by atoms with van der Waals surface area (Å²) in [7, 11) is 0. The first-order chi connectivity index (χ1) is 18.0. The lowest BCUT2D eigenvalue weighted by atomic mass is 10.0. The monoisotopic (exact) mass is 503 g/mol. The van der Waals surface area contributed by atoms with Crippen LogP contribution in [0.1, 0.15) is 93.5 Å². The zero-order valence-electron chi connectivity index (χ0n) is 22.1. The van der Waals surface area contributed by atoms with Gasteiger partial charge in [-0.1, -0.05) is 76.8 Å². The number of hydrogen-bond donors (Lipinski definition) is 2. The van der Waals surface area contributed by atoms with Crippen molar-refractivity contribution in [1.29, 1.82) is 0 Å². The van der Waals surface area contributed by atoms with E-state index in [0.717, 1.165) is 23.3 Å². The molecular formula is C32H41NO4. The Morgan fingerprint density at radius 2 is 1.43 bits per heavy atom. The van der Waals surface area contributed by atoms with Crippen molar-refractivity contribution in [2.75, 3.05) is 6.61 Å². The maximum atomic E-state index is 12.5. The molecule has 198 valence electrons. The Morgan fingerprint density at radius 1 is 0.838 bits per heavy atom. The van der Waals surface area contributed by atoms with E-state index in [1.165, 1.54) is 57.8 Å². The molecule has 3 rings (SSSR count). The molecule has 0 spiro atoms. The molecule has 0 amide bonds. The third-order valence-electron chi connectivity index (χ3n) is 6.47. The number of carbonyl (C=O) groups is 1. The van der Waals surface area contributed by atoms with Gasteiger partial charge in [0.25, 0.3) is 0 Å². The number of unbranched alkanes of at least 4 members (excludes halogenated alkanes) is 9. The van der Waals surface area contributed by atoms with E-state index in [2.05, 4.69) is 6.92 Å². The van der Waals surface area contributed by atoms with E-state index in [1.807, 2.05) is 30.3 Å². The van der Waals surface area contributed by atoms with Gasteiger partial charge in [0.05, 0.1) is 12.2 Å². The summed E-state index contributed by atoms with van der Waals surface area (Å²) in [5, 5.41) is 10.0. The fourth-order valence-electron chi connectivity index (χ4n) is 4.25. The molecule has 0 radical (unpaired) electrons. The second-order valence-electron chi connectivity index (χ2n) is 9.65. The van der Waals surface area contributed by atoms with Crippen molar-refractivity contribution in [2.24, 2.45) is 5.73 Å². The van der Waals surface area contributed by atoms with E-state index in [-0.39, 0.29) is 5.76 Å². The Morgan fingerprint density at radius 3 is 2.08 bits per heavy atom. The summed E-state index contributed by atoms with van der Waals surface area (Å²) in [6.07, 6.45) is 18.6. The van der Waals surface area contributed by atoms with Gasteiger partial charge in [-0.3, -0.25) is 0 Å². The molecule has 0 saturated heterocycles. The number of benzene rings is 2. The van der Waals surface area contributed by atoms with E-state index in [0.29, 0.717) is 30.0 Å². The van der Waals surface area contributed by atoms with Gasteiger partial charge in [-0.15, -0.1) is 0 Å². The van der Waals surface area contributed by atoms with Crippen LogP contribution in [0, 0.1) is 0 Å². The quantitative estimate of drug-likeness (QED) is 0.145. The second kappa shape index (κ2) is 15.6. The lowest BCUT2D eigenvalue weighted by Gasteiger charge is -2.11. The van der Waals surface area contributed by atoms with Crippen molar-refractivity contribution in [3.63, 3.8) is 0 Å². The zero-order chi connectivity index (χ0) is 26.3. The number of ether oxygens (including phenoxy) is 2. The fraction of sp³-hybridized carbons (Fsp3) is 0.406. The lowest BCUT2D eigenvalue weighted by molar-refractivity contribution is 0.0734. The first kappa shape index (κ1) is 28.1. The Bertz CT molecular complexity index is 1060. The van der Waals surface area contributed by atoms with Gasteiger partial charge < -0.3 is 20.3 Å². The van der Waals surface area contributed by atoms with Crippen molar-refractivity contribution in [3.05, 3.63) is 88.8 Å². The number of allylic oxidation sites excluding steroid dienone is 4. The van der Waals surface area contributed by atoms with Gasteiger partial charge in [0.2, 0.25) is 0 Å². The third kappa shape index (κ3) is 10.2. The molecule has 0 atom stereocenters.